The lowest BCUT2D eigenvalue weighted by molar-refractivity contribution is 0.415. The van der Waals surface area contributed by atoms with Crippen LogP contribution in [0.2, 0.25) is 0 Å². The Labute approximate surface area is 118 Å². The number of hydrogen-bond acceptors (Lipinski definition) is 4. The number of methoxy groups -OCH3 is 1. The summed E-state index contributed by atoms with van der Waals surface area (Å²) in [6.07, 6.45) is 1.67. The first kappa shape index (κ1) is 14.0. The van der Waals surface area contributed by atoms with Gasteiger partial charge in [-0.3, -0.25) is 4.79 Å². The van der Waals surface area contributed by atoms with Crippen molar-refractivity contribution in [3.63, 3.8) is 0 Å². The molecule has 0 bridgehead atoms. The van der Waals surface area contributed by atoms with Crippen LogP contribution in [-0.4, -0.2) is 25.3 Å². The summed E-state index contributed by atoms with van der Waals surface area (Å²) in [5, 5.41) is 0. The molecule has 0 aliphatic rings. The van der Waals surface area contributed by atoms with Gasteiger partial charge in [0.15, 0.2) is 0 Å². The largest absolute Gasteiger partial charge is 0.497 e. The van der Waals surface area contributed by atoms with E-state index in [4.69, 9.17) is 10.5 Å². The van der Waals surface area contributed by atoms with E-state index in [0.29, 0.717) is 12.2 Å². The maximum Gasteiger partial charge on any atom is 0.250 e. The summed E-state index contributed by atoms with van der Waals surface area (Å²) < 4.78 is 6.75. The van der Waals surface area contributed by atoms with Gasteiger partial charge in [-0.25, -0.2) is 0 Å². The van der Waals surface area contributed by atoms with Crippen LogP contribution in [0, 0.1) is 0 Å². The van der Waals surface area contributed by atoms with E-state index in [1.165, 1.54) is 6.07 Å². The number of nitrogens with two attached hydrogens (primary N) is 1. The minimum absolute atomic E-state index is 0.0395. The summed E-state index contributed by atoms with van der Waals surface area (Å²) in [6, 6.07) is 10.9. The van der Waals surface area contributed by atoms with Gasteiger partial charge in [0, 0.05) is 43.8 Å². The minimum atomic E-state index is -0.0395. The van der Waals surface area contributed by atoms with Gasteiger partial charge in [-0.1, -0.05) is 0 Å². The number of rotatable bonds is 5. The number of benzene rings is 1. The molecular weight excluding hydrogens is 254 g/mol. The number of pyridine rings is 1. The van der Waals surface area contributed by atoms with Crippen LogP contribution in [-0.2, 0) is 6.54 Å². The molecule has 0 amide bonds. The van der Waals surface area contributed by atoms with Crippen molar-refractivity contribution in [2.75, 3.05) is 31.3 Å². The molecule has 0 atom stereocenters. The molecule has 1 aromatic heterocycles. The minimum Gasteiger partial charge on any atom is -0.497 e. The lowest BCUT2D eigenvalue weighted by Crippen LogP contribution is -2.28. The van der Waals surface area contributed by atoms with E-state index in [1.54, 1.807) is 23.9 Å². The maximum absolute atomic E-state index is 11.7. The predicted octanol–water partition coefficient (Wildman–Crippen LogP) is 1.58. The first-order valence-electron chi connectivity index (χ1n) is 6.41. The van der Waals surface area contributed by atoms with Crippen LogP contribution in [0.1, 0.15) is 0 Å². The van der Waals surface area contributed by atoms with Crippen molar-refractivity contribution in [1.29, 1.82) is 0 Å². The SMILES string of the molecule is COc1ccc(N(C)CCn2cc(N)ccc2=O)cc1. The van der Waals surface area contributed by atoms with E-state index in [0.717, 1.165) is 18.0 Å². The third-order valence-electron chi connectivity index (χ3n) is 3.20. The molecule has 2 N–H and O–H groups in total. The molecule has 1 aromatic carbocycles. The molecule has 106 valence electrons. The Kier molecular flexibility index (Phi) is 4.30. The van der Waals surface area contributed by atoms with Crippen molar-refractivity contribution in [3.8, 4) is 5.75 Å². The van der Waals surface area contributed by atoms with Gasteiger partial charge in [0.05, 0.1) is 7.11 Å². The summed E-state index contributed by atoms with van der Waals surface area (Å²) in [7, 11) is 3.63. The average Bonchev–Trinajstić information content (AvgIpc) is 2.48. The van der Waals surface area contributed by atoms with Gasteiger partial charge in [-0.05, 0) is 30.3 Å². The number of anilines is 2. The molecule has 0 radical (unpaired) electrons. The summed E-state index contributed by atoms with van der Waals surface area (Å²) in [5.74, 6) is 0.828. The molecule has 5 heteroatoms. The van der Waals surface area contributed by atoms with Crippen molar-refractivity contribution < 1.29 is 4.74 Å². The molecule has 0 fully saturated rings. The Morgan fingerprint density at radius 3 is 2.55 bits per heavy atom. The van der Waals surface area contributed by atoms with E-state index < -0.39 is 0 Å². The smallest absolute Gasteiger partial charge is 0.250 e. The van der Waals surface area contributed by atoms with Gasteiger partial charge in [-0.15, -0.1) is 0 Å². The van der Waals surface area contributed by atoms with Crippen LogP contribution in [0.3, 0.4) is 0 Å². The zero-order valence-corrected chi connectivity index (χ0v) is 11.7. The summed E-state index contributed by atoms with van der Waals surface area (Å²) >= 11 is 0. The molecule has 2 rings (SSSR count). The predicted molar refractivity (Wildman–Crippen MR) is 81.4 cm³/mol. The second kappa shape index (κ2) is 6.14. The van der Waals surface area contributed by atoms with Gasteiger partial charge < -0.3 is 19.9 Å². The zero-order chi connectivity index (χ0) is 14.5. The van der Waals surface area contributed by atoms with Crippen molar-refractivity contribution in [2.45, 2.75) is 6.54 Å². The van der Waals surface area contributed by atoms with Gasteiger partial charge in [-0.2, -0.15) is 0 Å². The van der Waals surface area contributed by atoms with Gasteiger partial charge in [0.1, 0.15) is 5.75 Å². The number of ether oxygens (including phenoxy) is 1. The van der Waals surface area contributed by atoms with E-state index in [-0.39, 0.29) is 5.56 Å². The molecule has 2 aromatic rings. The number of nitrogens with zero attached hydrogens (tertiary/aromatic N) is 2. The molecule has 0 aliphatic heterocycles. The quantitative estimate of drug-likeness (QED) is 0.898. The van der Waals surface area contributed by atoms with Crippen LogP contribution in [0.15, 0.2) is 47.4 Å². The van der Waals surface area contributed by atoms with Crippen molar-refractivity contribution in [3.05, 3.63) is 52.9 Å². The lowest BCUT2D eigenvalue weighted by atomic mass is 10.3. The van der Waals surface area contributed by atoms with E-state index >= 15 is 0 Å². The standard InChI is InChI=1S/C15H19N3O2/c1-17(13-4-6-14(20-2)7-5-13)9-10-18-11-12(16)3-8-15(18)19/h3-8,11H,9-10,16H2,1-2H3. The third kappa shape index (κ3) is 3.32. The third-order valence-corrected chi connectivity index (χ3v) is 3.20. The highest BCUT2D eigenvalue weighted by atomic mass is 16.5. The molecule has 0 aliphatic carbocycles. The fourth-order valence-electron chi connectivity index (χ4n) is 1.95. The summed E-state index contributed by atoms with van der Waals surface area (Å²) in [4.78, 5) is 13.8. The Morgan fingerprint density at radius 1 is 1.20 bits per heavy atom. The van der Waals surface area contributed by atoms with Crippen molar-refractivity contribution >= 4 is 11.4 Å². The van der Waals surface area contributed by atoms with E-state index in [9.17, 15) is 4.79 Å². The molecule has 20 heavy (non-hydrogen) atoms. The maximum atomic E-state index is 11.7. The first-order valence-corrected chi connectivity index (χ1v) is 6.41. The topological polar surface area (TPSA) is 60.5 Å². The fraction of sp³-hybridized carbons (Fsp3) is 0.267. The Hall–Kier alpha value is -2.43. The molecule has 0 unspecified atom stereocenters. The fourth-order valence-corrected chi connectivity index (χ4v) is 1.95. The van der Waals surface area contributed by atoms with Crippen LogP contribution >= 0.6 is 0 Å². The van der Waals surface area contributed by atoms with E-state index in [1.807, 2.05) is 31.3 Å². The highest BCUT2D eigenvalue weighted by Gasteiger charge is 2.03. The van der Waals surface area contributed by atoms with Crippen LogP contribution in [0.4, 0.5) is 11.4 Å². The Bertz CT molecular complexity index is 620. The number of likely N-dealkylation sites (N-methyl/N-ethyl adjacent to an activating group) is 1. The van der Waals surface area contributed by atoms with Crippen LogP contribution < -0.4 is 20.9 Å². The van der Waals surface area contributed by atoms with Crippen molar-refractivity contribution in [1.82, 2.24) is 4.57 Å². The second-order valence-corrected chi connectivity index (χ2v) is 4.61. The molecular formula is C15H19N3O2. The molecule has 1 heterocycles. The normalized spacial score (nSPS) is 10.3. The van der Waals surface area contributed by atoms with E-state index in [2.05, 4.69) is 4.90 Å². The number of aromatic nitrogens is 1. The second-order valence-electron chi connectivity index (χ2n) is 4.61. The highest BCUT2D eigenvalue weighted by molar-refractivity contribution is 5.48. The number of nitrogen functional groups attached to an aromatic ring is 1. The van der Waals surface area contributed by atoms with Crippen molar-refractivity contribution in [2.24, 2.45) is 0 Å². The molecule has 0 saturated carbocycles. The summed E-state index contributed by atoms with van der Waals surface area (Å²) in [6.45, 7) is 1.31. The Balaban J connectivity index is 2.02. The summed E-state index contributed by atoms with van der Waals surface area (Å²) in [5.41, 5.74) is 7.32. The molecule has 5 nitrogen and oxygen atoms in total. The average molecular weight is 273 g/mol. The number of hydrogen-bond donors (Lipinski definition) is 1. The highest BCUT2D eigenvalue weighted by Crippen LogP contribution is 2.17. The monoisotopic (exact) mass is 273 g/mol. The van der Waals surface area contributed by atoms with Gasteiger partial charge in [0.25, 0.3) is 5.56 Å². The molecule has 0 saturated heterocycles. The van der Waals surface area contributed by atoms with Crippen LogP contribution in [0.25, 0.3) is 0 Å². The Morgan fingerprint density at radius 2 is 1.90 bits per heavy atom. The lowest BCUT2D eigenvalue weighted by Gasteiger charge is -2.20. The zero-order valence-electron chi connectivity index (χ0n) is 11.7. The van der Waals surface area contributed by atoms with Gasteiger partial charge in [0.2, 0.25) is 0 Å². The van der Waals surface area contributed by atoms with Gasteiger partial charge >= 0.3 is 0 Å². The first-order chi connectivity index (χ1) is 9.60. The molecule has 0 spiro atoms. The van der Waals surface area contributed by atoms with Crippen LogP contribution in [0.5, 0.6) is 5.75 Å².